The van der Waals surface area contributed by atoms with E-state index in [1.165, 1.54) is 37.7 Å². The summed E-state index contributed by atoms with van der Waals surface area (Å²) >= 11 is 0. The second-order valence-corrected chi connectivity index (χ2v) is 11.0. The molecule has 4 unspecified atom stereocenters. The number of nitrogens with zero attached hydrogens (tertiary/aromatic N) is 1. The fourth-order valence-corrected chi connectivity index (χ4v) is 5.41. The zero-order chi connectivity index (χ0) is 25.2. The molecule has 34 heavy (non-hydrogen) atoms. The van der Waals surface area contributed by atoms with Crippen LogP contribution in [0, 0.1) is 5.41 Å². The molecule has 0 amide bonds. The smallest absolute Gasteiger partial charge is 0.306 e. The zero-order valence-electron chi connectivity index (χ0n) is 23.1. The molecule has 1 heterocycles. The molecule has 4 atom stereocenters. The van der Waals surface area contributed by atoms with Gasteiger partial charge in [-0.3, -0.25) is 9.63 Å². The van der Waals surface area contributed by atoms with Crippen molar-refractivity contribution in [3.8, 4) is 0 Å². The van der Waals surface area contributed by atoms with E-state index in [1.54, 1.807) is 0 Å². The number of piperidine rings is 1. The number of carbonyl (C=O) groups is 1. The molecule has 0 radical (unpaired) electrons. The Balaban J connectivity index is 2.04. The second kappa shape index (κ2) is 13.6. The number of hydroxylamine groups is 2. The average molecular weight is 474 g/mol. The van der Waals surface area contributed by atoms with Gasteiger partial charge in [-0.2, -0.15) is 5.06 Å². The second-order valence-electron chi connectivity index (χ2n) is 11.0. The molecule has 0 aliphatic carbocycles. The Morgan fingerprint density at radius 3 is 2.21 bits per heavy atom. The lowest BCUT2D eigenvalue weighted by atomic mass is 9.63. The highest BCUT2D eigenvalue weighted by molar-refractivity contribution is 5.69. The van der Waals surface area contributed by atoms with E-state index in [0.717, 1.165) is 32.1 Å². The Hall–Kier alpha value is -1.39. The van der Waals surface area contributed by atoms with Gasteiger partial charge in [-0.05, 0) is 38.7 Å². The van der Waals surface area contributed by atoms with Gasteiger partial charge in [-0.15, -0.1) is 0 Å². The molecule has 1 aliphatic heterocycles. The van der Waals surface area contributed by atoms with Gasteiger partial charge in [0.15, 0.2) is 0 Å². The molecule has 4 heteroatoms. The zero-order valence-corrected chi connectivity index (χ0v) is 23.1. The van der Waals surface area contributed by atoms with Gasteiger partial charge in [0, 0.05) is 24.3 Å². The summed E-state index contributed by atoms with van der Waals surface area (Å²) in [6.45, 7) is 15.6. The molecule has 4 nitrogen and oxygen atoms in total. The first-order valence-electron chi connectivity index (χ1n) is 13.9. The van der Waals surface area contributed by atoms with Crippen LogP contribution in [0.25, 0.3) is 0 Å². The Kier molecular flexibility index (Phi) is 11.6. The molecule has 0 spiro atoms. The number of benzene rings is 1. The van der Waals surface area contributed by atoms with Gasteiger partial charge in [-0.1, -0.05) is 103 Å². The van der Waals surface area contributed by atoms with E-state index in [2.05, 4.69) is 77.8 Å². The molecule has 0 saturated carbocycles. The topological polar surface area (TPSA) is 38.8 Å². The summed E-state index contributed by atoms with van der Waals surface area (Å²) in [4.78, 5) is 19.5. The molecule has 0 N–H and O–H groups in total. The normalized spacial score (nSPS) is 25.7. The van der Waals surface area contributed by atoms with Crippen LogP contribution in [0.15, 0.2) is 30.3 Å². The van der Waals surface area contributed by atoms with Crippen molar-refractivity contribution < 1.29 is 14.4 Å². The summed E-state index contributed by atoms with van der Waals surface area (Å²) < 4.78 is 6.20. The first-order valence-corrected chi connectivity index (χ1v) is 13.9. The number of unbranched alkanes of at least 4 members (excludes halogenated alkanes) is 6. The predicted octanol–water partition coefficient (Wildman–Crippen LogP) is 8.41. The van der Waals surface area contributed by atoms with Crippen LogP contribution >= 0.6 is 0 Å². The SMILES string of the molecule is CCCCCCCCCC(=O)OC1CC(CC)N(OC(C)c2ccccc2)C(C)(CC)C1(C)C. The minimum Gasteiger partial charge on any atom is -0.462 e. The number of hydrogen-bond donors (Lipinski definition) is 0. The van der Waals surface area contributed by atoms with E-state index >= 15 is 0 Å². The highest BCUT2D eigenvalue weighted by Crippen LogP contribution is 2.50. The van der Waals surface area contributed by atoms with Crippen LogP contribution in [0.5, 0.6) is 0 Å². The maximum absolute atomic E-state index is 12.8. The molecule has 194 valence electrons. The molecule has 1 fully saturated rings. The quantitative estimate of drug-likeness (QED) is 0.201. The lowest BCUT2D eigenvalue weighted by Gasteiger charge is -2.60. The number of esters is 1. The molecule has 1 aliphatic rings. The number of hydrogen-bond acceptors (Lipinski definition) is 4. The highest BCUT2D eigenvalue weighted by atomic mass is 16.7. The minimum atomic E-state index is -0.251. The third-order valence-electron chi connectivity index (χ3n) is 8.46. The molecule has 0 bridgehead atoms. The van der Waals surface area contributed by atoms with Crippen molar-refractivity contribution in [2.24, 2.45) is 5.41 Å². The first-order chi connectivity index (χ1) is 16.2. The third kappa shape index (κ3) is 7.07. The Bertz CT molecular complexity index is 719. The van der Waals surface area contributed by atoms with E-state index in [-0.39, 0.29) is 35.2 Å². The Labute approximate surface area is 209 Å². The largest absolute Gasteiger partial charge is 0.462 e. The van der Waals surface area contributed by atoms with Crippen molar-refractivity contribution in [2.75, 3.05) is 0 Å². The van der Waals surface area contributed by atoms with Crippen LogP contribution in [-0.2, 0) is 14.4 Å². The van der Waals surface area contributed by atoms with E-state index in [4.69, 9.17) is 9.57 Å². The van der Waals surface area contributed by atoms with Crippen molar-refractivity contribution in [1.82, 2.24) is 5.06 Å². The molecule has 1 aromatic rings. The van der Waals surface area contributed by atoms with E-state index in [9.17, 15) is 4.79 Å². The molecular formula is C30H51NO3. The van der Waals surface area contributed by atoms with Crippen molar-refractivity contribution in [3.05, 3.63) is 35.9 Å². The van der Waals surface area contributed by atoms with Crippen molar-refractivity contribution in [2.45, 2.75) is 143 Å². The maximum Gasteiger partial charge on any atom is 0.306 e. The van der Waals surface area contributed by atoms with Crippen LogP contribution in [0.1, 0.15) is 131 Å². The van der Waals surface area contributed by atoms with E-state index in [1.807, 2.05) is 6.07 Å². The highest BCUT2D eigenvalue weighted by Gasteiger charge is 2.57. The Morgan fingerprint density at radius 1 is 1.00 bits per heavy atom. The number of ether oxygens (including phenoxy) is 1. The average Bonchev–Trinajstić information content (AvgIpc) is 2.83. The van der Waals surface area contributed by atoms with Gasteiger partial charge in [0.1, 0.15) is 12.2 Å². The Morgan fingerprint density at radius 2 is 1.62 bits per heavy atom. The first kappa shape index (κ1) is 28.8. The van der Waals surface area contributed by atoms with Crippen molar-refractivity contribution in [3.63, 3.8) is 0 Å². The van der Waals surface area contributed by atoms with Gasteiger partial charge >= 0.3 is 5.97 Å². The van der Waals surface area contributed by atoms with Crippen LogP contribution in [-0.4, -0.2) is 28.7 Å². The summed E-state index contributed by atoms with van der Waals surface area (Å²) in [6.07, 6.45) is 11.5. The van der Waals surface area contributed by atoms with Gasteiger partial charge in [0.25, 0.3) is 0 Å². The summed E-state index contributed by atoms with van der Waals surface area (Å²) in [5, 5.41) is 2.26. The molecule has 2 rings (SSSR count). The monoisotopic (exact) mass is 473 g/mol. The number of rotatable bonds is 14. The fraction of sp³-hybridized carbons (Fsp3) is 0.767. The van der Waals surface area contributed by atoms with Crippen molar-refractivity contribution in [1.29, 1.82) is 0 Å². The van der Waals surface area contributed by atoms with E-state index < -0.39 is 0 Å². The van der Waals surface area contributed by atoms with Crippen LogP contribution in [0.2, 0.25) is 0 Å². The lowest BCUT2D eigenvalue weighted by Crippen LogP contribution is -2.68. The lowest BCUT2D eigenvalue weighted by molar-refractivity contribution is -0.327. The standard InChI is InChI=1S/C30H51NO3/c1-8-11-12-13-14-15-19-22-28(32)33-27-23-26(9-2)31(30(7,10-3)29(27,5)6)34-24(4)25-20-17-16-18-21-25/h16-18,20-21,24,26-27H,8-15,19,22-23H2,1-7H3. The summed E-state index contributed by atoms with van der Waals surface area (Å²) in [7, 11) is 0. The minimum absolute atomic E-state index is 0.0339. The van der Waals surface area contributed by atoms with Gasteiger partial charge < -0.3 is 4.74 Å². The van der Waals surface area contributed by atoms with Crippen LogP contribution < -0.4 is 0 Å². The summed E-state index contributed by atoms with van der Waals surface area (Å²) in [5.41, 5.74) is 0.690. The van der Waals surface area contributed by atoms with Crippen LogP contribution in [0.4, 0.5) is 0 Å². The predicted molar refractivity (Wildman–Crippen MR) is 141 cm³/mol. The number of carbonyl (C=O) groups excluding carboxylic acids is 1. The van der Waals surface area contributed by atoms with Gasteiger partial charge in [0.2, 0.25) is 0 Å². The summed E-state index contributed by atoms with van der Waals surface area (Å²) in [5.74, 6) is -0.0352. The maximum atomic E-state index is 12.8. The fourth-order valence-electron chi connectivity index (χ4n) is 5.41. The van der Waals surface area contributed by atoms with Crippen molar-refractivity contribution >= 4 is 5.97 Å². The molecule has 1 aromatic carbocycles. The van der Waals surface area contributed by atoms with E-state index in [0.29, 0.717) is 6.42 Å². The van der Waals surface area contributed by atoms with Gasteiger partial charge in [-0.25, -0.2) is 0 Å². The summed E-state index contributed by atoms with van der Waals surface area (Å²) in [6, 6.07) is 10.6. The molecular weight excluding hydrogens is 422 g/mol. The van der Waals surface area contributed by atoms with Gasteiger partial charge in [0.05, 0.1) is 5.54 Å². The molecule has 1 saturated heterocycles. The van der Waals surface area contributed by atoms with Crippen LogP contribution in [0.3, 0.4) is 0 Å². The molecule has 0 aromatic heterocycles. The third-order valence-corrected chi connectivity index (χ3v) is 8.46.